The summed E-state index contributed by atoms with van der Waals surface area (Å²) in [6, 6.07) is 0. The van der Waals surface area contributed by atoms with E-state index in [4.69, 9.17) is 10.5 Å². The van der Waals surface area contributed by atoms with Crippen LogP contribution in [0.15, 0.2) is 0 Å². The van der Waals surface area contributed by atoms with Crippen LogP contribution in [0, 0.1) is 5.92 Å². The number of carbonyl (C=O) groups is 1. The van der Waals surface area contributed by atoms with Crippen molar-refractivity contribution in [2.75, 3.05) is 6.54 Å². The third-order valence-electron chi connectivity index (χ3n) is 1.28. The molecular weight excluding hydrogens is 142 g/mol. The lowest BCUT2D eigenvalue weighted by Crippen LogP contribution is -2.19. The molecule has 0 fully saturated rings. The first-order valence-corrected chi connectivity index (χ1v) is 3.95. The van der Waals surface area contributed by atoms with Gasteiger partial charge in [0.25, 0.3) is 0 Å². The van der Waals surface area contributed by atoms with Gasteiger partial charge in [-0.15, -0.1) is 0 Å². The first-order valence-electron chi connectivity index (χ1n) is 3.95. The molecule has 0 bridgehead atoms. The Morgan fingerprint density at radius 2 is 2.00 bits per heavy atom. The zero-order valence-corrected chi connectivity index (χ0v) is 7.46. The third kappa shape index (κ3) is 5.85. The molecule has 11 heavy (non-hydrogen) atoms. The van der Waals surface area contributed by atoms with Gasteiger partial charge >= 0.3 is 5.97 Å². The van der Waals surface area contributed by atoms with Crippen molar-refractivity contribution in [3.63, 3.8) is 0 Å². The summed E-state index contributed by atoms with van der Waals surface area (Å²) < 4.78 is 4.93. The van der Waals surface area contributed by atoms with Crippen molar-refractivity contribution in [3.05, 3.63) is 0 Å². The molecule has 0 aromatic carbocycles. The molecule has 0 rings (SSSR count). The second-order valence-corrected chi connectivity index (χ2v) is 3.08. The maximum atomic E-state index is 10.9. The third-order valence-corrected chi connectivity index (χ3v) is 1.28. The summed E-state index contributed by atoms with van der Waals surface area (Å²) in [5, 5.41) is 0. The highest BCUT2D eigenvalue weighted by atomic mass is 16.5. The molecule has 0 saturated carbocycles. The van der Waals surface area contributed by atoms with Crippen LogP contribution in [0.4, 0.5) is 0 Å². The molecule has 1 atom stereocenters. The molecule has 3 nitrogen and oxygen atoms in total. The van der Waals surface area contributed by atoms with E-state index in [1.54, 1.807) is 0 Å². The minimum atomic E-state index is -0.155. The largest absolute Gasteiger partial charge is 0.463 e. The topological polar surface area (TPSA) is 52.3 Å². The number of ether oxygens (including phenoxy) is 1. The minimum Gasteiger partial charge on any atom is -0.463 e. The van der Waals surface area contributed by atoms with Crippen LogP contribution in [0.1, 0.15) is 27.2 Å². The van der Waals surface area contributed by atoms with Crippen LogP contribution in [0.25, 0.3) is 0 Å². The van der Waals surface area contributed by atoms with E-state index in [1.165, 1.54) is 0 Å². The fourth-order valence-electron chi connectivity index (χ4n) is 0.679. The Morgan fingerprint density at radius 1 is 1.45 bits per heavy atom. The van der Waals surface area contributed by atoms with Gasteiger partial charge in [0, 0.05) is 6.42 Å². The van der Waals surface area contributed by atoms with Gasteiger partial charge in [-0.2, -0.15) is 0 Å². The number of carbonyl (C=O) groups excluding carboxylic acids is 1. The molecule has 0 aliphatic carbocycles. The summed E-state index contributed by atoms with van der Waals surface area (Å²) in [4.78, 5) is 10.9. The van der Waals surface area contributed by atoms with E-state index in [0.717, 1.165) is 0 Å². The Morgan fingerprint density at radius 3 is 2.36 bits per heavy atom. The smallest absolute Gasteiger partial charge is 0.306 e. The first kappa shape index (κ1) is 10.4. The standard InChI is InChI=1S/C8H17NO2/c1-6(2)11-8(10)4-7(3)5-9/h6-7H,4-5,9H2,1-3H3. The van der Waals surface area contributed by atoms with Crippen LogP contribution >= 0.6 is 0 Å². The lowest BCUT2D eigenvalue weighted by Gasteiger charge is -2.10. The van der Waals surface area contributed by atoms with Crippen molar-refractivity contribution in [2.45, 2.75) is 33.3 Å². The van der Waals surface area contributed by atoms with E-state index in [1.807, 2.05) is 20.8 Å². The molecule has 0 aromatic rings. The van der Waals surface area contributed by atoms with E-state index in [0.29, 0.717) is 13.0 Å². The predicted molar refractivity (Wildman–Crippen MR) is 44.1 cm³/mol. The number of hydrogen-bond acceptors (Lipinski definition) is 3. The SMILES string of the molecule is CC(CN)CC(=O)OC(C)C. The molecule has 2 N–H and O–H groups in total. The van der Waals surface area contributed by atoms with Crippen molar-refractivity contribution >= 4 is 5.97 Å². The van der Waals surface area contributed by atoms with Crippen molar-refractivity contribution in [1.82, 2.24) is 0 Å². The van der Waals surface area contributed by atoms with Gasteiger partial charge in [0.2, 0.25) is 0 Å². The zero-order valence-electron chi connectivity index (χ0n) is 7.46. The maximum absolute atomic E-state index is 10.9. The van der Waals surface area contributed by atoms with Gasteiger partial charge in [-0.3, -0.25) is 4.79 Å². The van der Waals surface area contributed by atoms with Gasteiger partial charge in [-0.1, -0.05) is 6.92 Å². The maximum Gasteiger partial charge on any atom is 0.306 e. The van der Waals surface area contributed by atoms with Crippen LogP contribution < -0.4 is 5.73 Å². The van der Waals surface area contributed by atoms with Crippen molar-refractivity contribution < 1.29 is 9.53 Å². The number of hydrogen-bond donors (Lipinski definition) is 1. The predicted octanol–water partition coefficient (Wildman–Crippen LogP) is 0.923. The number of esters is 1. The number of nitrogens with two attached hydrogens (primary N) is 1. The number of rotatable bonds is 4. The molecule has 0 spiro atoms. The molecule has 0 radical (unpaired) electrons. The molecule has 66 valence electrons. The molecular formula is C8H17NO2. The minimum absolute atomic E-state index is 0.0209. The molecule has 3 heteroatoms. The van der Waals surface area contributed by atoms with Crippen molar-refractivity contribution in [2.24, 2.45) is 11.7 Å². The summed E-state index contributed by atoms with van der Waals surface area (Å²) in [5.41, 5.74) is 5.34. The van der Waals surface area contributed by atoms with Gasteiger partial charge in [0.15, 0.2) is 0 Å². The van der Waals surface area contributed by atoms with E-state index >= 15 is 0 Å². The van der Waals surface area contributed by atoms with Crippen LogP contribution in [0.2, 0.25) is 0 Å². The van der Waals surface area contributed by atoms with E-state index < -0.39 is 0 Å². The molecule has 0 heterocycles. The summed E-state index contributed by atoms with van der Waals surface area (Å²) >= 11 is 0. The lowest BCUT2D eigenvalue weighted by molar-refractivity contribution is -0.148. The summed E-state index contributed by atoms with van der Waals surface area (Å²) in [6.45, 7) is 6.14. The van der Waals surface area contributed by atoms with Crippen LogP contribution in [0.3, 0.4) is 0 Å². The Kier molecular flexibility index (Phi) is 4.86. The average Bonchev–Trinajstić information content (AvgIpc) is 1.85. The first-order chi connectivity index (χ1) is 5.06. The summed E-state index contributed by atoms with van der Waals surface area (Å²) in [5.74, 6) is 0.0687. The normalized spacial score (nSPS) is 13.2. The van der Waals surface area contributed by atoms with Gasteiger partial charge in [-0.25, -0.2) is 0 Å². The fourth-order valence-corrected chi connectivity index (χ4v) is 0.679. The Balaban J connectivity index is 3.52. The Hall–Kier alpha value is -0.570. The monoisotopic (exact) mass is 159 g/mol. The van der Waals surface area contributed by atoms with Crippen LogP contribution in [-0.4, -0.2) is 18.6 Å². The van der Waals surface area contributed by atoms with Gasteiger partial charge in [-0.05, 0) is 26.3 Å². The quantitative estimate of drug-likeness (QED) is 0.621. The summed E-state index contributed by atoms with van der Waals surface area (Å²) in [6.07, 6.45) is 0.404. The fraction of sp³-hybridized carbons (Fsp3) is 0.875. The Labute approximate surface area is 67.9 Å². The molecule has 0 aliphatic heterocycles. The lowest BCUT2D eigenvalue weighted by atomic mass is 10.1. The van der Waals surface area contributed by atoms with E-state index in [-0.39, 0.29) is 18.0 Å². The molecule has 0 aliphatic rings. The van der Waals surface area contributed by atoms with Gasteiger partial charge in [0.1, 0.15) is 0 Å². The average molecular weight is 159 g/mol. The second-order valence-electron chi connectivity index (χ2n) is 3.08. The molecule has 0 saturated heterocycles. The summed E-state index contributed by atoms with van der Waals surface area (Å²) in [7, 11) is 0. The molecule has 0 aromatic heterocycles. The van der Waals surface area contributed by atoms with Gasteiger partial charge in [0.05, 0.1) is 6.10 Å². The highest BCUT2D eigenvalue weighted by molar-refractivity contribution is 5.69. The second kappa shape index (κ2) is 5.13. The van der Waals surface area contributed by atoms with Gasteiger partial charge < -0.3 is 10.5 Å². The highest BCUT2D eigenvalue weighted by Crippen LogP contribution is 2.02. The zero-order chi connectivity index (χ0) is 8.85. The highest BCUT2D eigenvalue weighted by Gasteiger charge is 2.09. The van der Waals surface area contributed by atoms with Crippen molar-refractivity contribution in [1.29, 1.82) is 0 Å². The van der Waals surface area contributed by atoms with Crippen LogP contribution in [-0.2, 0) is 9.53 Å². The van der Waals surface area contributed by atoms with E-state index in [2.05, 4.69) is 0 Å². The van der Waals surface area contributed by atoms with Crippen molar-refractivity contribution in [3.8, 4) is 0 Å². The Bertz CT molecular complexity index is 123. The van der Waals surface area contributed by atoms with E-state index in [9.17, 15) is 4.79 Å². The molecule has 0 amide bonds. The molecule has 1 unspecified atom stereocenters. The van der Waals surface area contributed by atoms with Crippen LogP contribution in [0.5, 0.6) is 0 Å².